The molecule has 0 saturated carbocycles. The van der Waals surface area contributed by atoms with Crippen LogP contribution in [0.25, 0.3) is 0 Å². The summed E-state index contributed by atoms with van der Waals surface area (Å²) in [5, 5.41) is 0. The van der Waals surface area contributed by atoms with Gasteiger partial charge in [0.05, 0.1) is 7.11 Å². The Morgan fingerprint density at radius 2 is 1.66 bits per heavy atom. The van der Waals surface area contributed by atoms with Crippen molar-refractivity contribution in [1.82, 2.24) is 4.90 Å². The van der Waals surface area contributed by atoms with Crippen molar-refractivity contribution in [1.29, 1.82) is 0 Å². The highest BCUT2D eigenvalue weighted by Crippen LogP contribution is 2.30. The first-order chi connectivity index (χ1) is 15.7. The van der Waals surface area contributed by atoms with E-state index in [2.05, 4.69) is 23.1 Å². The van der Waals surface area contributed by atoms with E-state index in [1.54, 1.807) is 30.2 Å². The number of ether oxygens (including phenoxy) is 2. The predicted molar refractivity (Wildman–Crippen MR) is 127 cm³/mol. The number of rotatable bonds is 8. The Labute approximate surface area is 190 Å². The van der Waals surface area contributed by atoms with Crippen molar-refractivity contribution < 1.29 is 14.3 Å². The quantitative estimate of drug-likeness (QED) is 0.496. The zero-order chi connectivity index (χ0) is 22.3. The molecule has 0 atom stereocenters. The van der Waals surface area contributed by atoms with E-state index in [9.17, 15) is 4.79 Å². The molecule has 0 aliphatic carbocycles. The summed E-state index contributed by atoms with van der Waals surface area (Å²) in [6.07, 6.45) is 2.45. The standard InChI is InChI=1S/C27H30N2O3/c1-28(19-23-12-6-7-13-24(23)29-16-8-9-17-29)27(30)22-14-15-25(26(18-22)31-2)32-20-21-10-4-3-5-11-21/h3-7,10-15,18H,8-9,16-17,19-20H2,1-2H3. The molecular weight excluding hydrogens is 400 g/mol. The molecule has 4 rings (SSSR count). The number of hydrogen-bond donors (Lipinski definition) is 0. The van der Waals surface area contributed by atoms with E-state index >= 15 is 0 Å². The van der Waals surface area contributed by atoms with Gasteiger partial charge in [0, 0.05) is 37.9 Å². The molecule has 5 heteroatoms. The van der Waals surface area contributed by atoms with Crippen LogP contribution >= 0.6 is 0 Å². The summed E-state index contributed by atoms with van der Waals surface area (Å²) in [6.45, 7) is 3.16. The van der Waals surface area contributed by atoms with Crippen molar-refractivity contribution in [3.05, 3.63) is 89.5 Å². The SMILES string of the molecule is COc1cc(C(=O)N(C)Cc2ccccc2N2CCCC2)ccc1OCc1ccccc1. The zero-order valence-corrected chi connectivity index (χ0v) is 18.8. The molecule has 0 bridgehead atoms. The summed E-state index contributed by atoms with van der Waals surface area (Å²) in [7, 11) is 3.43. The smallest absolute Gasteiger partial charge is 0.254 e. The van der Waals surface area contributed by atoms with Crippen molar-refractivity contribution in [2.24, 2.45) is 0 Å². The van der Waals surface area contributed by atoms with Gasteiger partial charge in [0.2, 0.25) is 0 Å². The van der Waals surface area contributed by atoms with E-state index < -0.39 is 0 Å². The van der Waals surface area contributed by atoms with Gasteiger partial charge in [0.25, 0.3) is 5.91 Å². The lowest BCUT2D eigenvalue weighted by Gasteiger charge is -2.24. The molecule has 1 fully saturated rings. The second-order valence-corrected chi connectivity index (χ2v) is 8.12. The van der Waals surface area contributed by atoms with Crippen LogP contribution in [-0.4, -0.2) is 38.1 Å². The molecule has 1 amide bonds. The molecule has 0 aromatic heterocycles. The van der Waals surface area contributed by atoms with Crippen LogP contribution in [0.1, 0.15) is 34.3 Å². The number of carbonyl (C=O) groups excluding carboxylic acids is 1. The van der Waals surface area contributed by atoms with Gasteiger partial charge in [0.15, 0.2) is 11.5 Å². The zero-order valence-electron chi connectivity index (χ0n) is 18.8. The minimum absolute atomic E-state index is 0.0471. The third-order valence-electron chi connectivity index (χ3n) is 5.84. The fourth-order valence-electron chi connectivity index (χ4n) is 4.11. The van der Waals surface area contributed by atoms with Gasteiger partial charge >= 0.3 is 0 Å². The maximum absolute atomic E-state index is 13.2. The third-order valence-corrected chi connectivity index (χ3v) is 5.84. The highest BCUT2D eigenvalue weighted by atomic mass is 16.5. The van der Waals surface area contributed by atoms with Crippen molar-refractivity contribution in [2.75, 3.05) is 32.1 Å². The summed E-state index contributed by atoms with van der Waals surface area (Å²) in [4.78, 5) is 17.3. The van der Waals surface area contributed by atoms with E-state index in [0.29, 0.717) is 30.2 Å². The molecule has 0 unspecified atom stereocenters. The largest absolute Gasteiger partial charge is 0.493 e. The summed E-state index contributed by atoms with van der Waals surface area (Å²) in [5.41, 5.74) is 4.05. The normalized spacial score (nSPS) is 13.1. The number of carbonyl (C=O) groups is 1. The predicted octanol–water partition coefficient (Wildman–Crippen LogP) is 5.15. The van der Waals surface area contributed by atoms with Gasteiger partial charge < -0.3 is 19.3 Å². The first-order valence-corrected chi connectivity index (χ1v) is 11.1. The van der Waals surface area contributed by atoms with Crippen LogP contribution in [0.5, 0.6) is 11.5 Å². The van der Waals surface area contributed by atoms with Crippen molar-refractivity contribution >= 4 is 11.6 Å². The van der Waals surface area contributed by atoms with Gasteiger partial charge in [-0.2, -0.15) is 0 Å². The Balaban J connectivity index is 1.46. The topological polar surface area (TPSA) is 42.0 Å². The average molecular weight is 431 g/mol. The van der Waals surface area contributed by atoms with Crippen LogP contribution in [-0.2, 0) is 13.2 Å². The number of nitrogens with zero attached hydrogens (tertiary/aromatic N) is 2. The Morgan fingerprint density at radius 3 is 2.41 bits per heavy atom. The maximum atomic E-state index is 13.2. The molecule has 32 heavy (non-hydrogen) atoms. The van der Waals surface area contributed by atoms with Crippen LogP contribution in [0, 0.1) is 0 Å². The number of methoxy groups -OCH3 is 1. The summed E-state index contributed by atoms with van der Waals surface area (Å²) in [5.74, 6) is 1.13. The lowest BCUT2D eigenvalue weighted by molar-refractivity contribution is 0.0785. The van der Waals surface area contributed by atoms with E-state index in [-0.39, 0.29) is 5.91 Å². The van der Waals surface area contributed by atoms with Crippen LogP contribution in [0.3, 0.4) is 0 Å². The second kappa shape index (κ2) is 10.2. The van der Waals surface area contributed by atoms with Gasteiger partial charge in [-0.3, -0.25) is 4.79 Å². The molecule has 1 aliphatic heterocycles. The van der Waals surface area contributed by atoms with E-state index in [1.165, 1.54) is 24.1 Å². The van der Waals surface area contributed by atoms with E-state index in [0.717, 1.165) is 18.7 Å². The molecule has 0 radical (unpaired) electrons. The lowest BCUT2D eigenvalue weighted by atomic mass is 10.1. The van der Waals surface area contributed by atoms with Crippen molar-refractivity contribution in [3.8, 4) is 11.5 Å². The monoisotopic (exact) mass is 430 g/mol. The molecule has 1 saturated heterocycles. The fourth-order valence-corrected chi connectivity index (χ4v) is 4.11. The minimum Gasteiger partial charge on any atom is -0.493 e. The first kappa shape index (κ1) is 21.8. The van der Waals surface area contributed by atoms with Crippen LogP contribution < -0.4 is 14.4 Å². The van der Waals surface area contributed by atoms with Crippen molar-refractivity contribution in [2.45, 2.75) is 26.0 Å². The van der Waals surface area contributed by atoms with Gasteiger partial charge in [-0.25, -0.2) is 0 Å². The van der Waals surface area contributed by atoms with Crippen molar-refractivity contribution in [3.63, 3.8) is 0 Å². The lowest BCUT2D eigenvalue weighted by Crippen LogP contribution is -2.28. The summed E-state index contributed by atoms with van der Waals surface area (Å²) in [6, 6.07) is 23.7. The average Bonchev–Trinajstić information content (AvgIpc) is 3.38. The van der Waals surface area contributed by atoms with Crippen LogP contribution in [0.4, 0.5) is 5.69 Å². The first-order valence-electron chi connectivity index (χ1n) is 11.1. The number of hydrogen-bond acceptors (Lipinski definition) is 4. The van der Waals surface area contributed by atoms with E-state index in [1.807, 2.05) is 43.4 Å². The van der Waals surface area contributed by atoms with Crippen LogP contribution in [0.2, 0.25) is 0 Å². The molecule has 5 nitrogen and oxygen atoms in total. The summed E-state index contributed by atoms with van der Waals surface area (Å²) < 4.78 is 11.4. The number of anilines is 1. The fraction of sp³-hybridized carbons (Fsp3) is 0.296. The molecule has 166 valence electrons. The molecule has 1 heterocycles. The Hall–Kier alpha value is -3.47. The number of amides is 1. The van der Waals surface area contributed by atoms with Crippen LogP contribution in [0.15, 0.2) is 72.8 Å². The Kier molecular flexibility index (Phi) is 6.95. The summed E-state index contributed by atoms with van der Waals surface area (Å²) >= 11 is 0. The molecule has 3 aromatic carbocycles. The highest BCUT2D eigenvalue weighted by molar-refractivity contribution is 5.94. The Morgan fingerprint density at radius 1 is 0.938 bits per heavy atom. The minimum atomic E-state index is -0.0471. The second-order valence-electron chi connectivity index (χ2n) is 8.12. The van der Waals surface area contributed by atoms with Gasteiger partial charge in [0.1, 0.15) is 6.61 Å². The number of benzene rings is 3. The van der Waals surface area contributed by atoms with E-state index in [4.69, 9.17) is 9.47 Å². The van der Waals surface area contributed by atoms with Gasteiger partial charge in [-0.15, -0.1) is 0 Å². The van der Waals surface area contributed by atoms with Gasteiger partial charge in [-0.1, -0.05) is 48.5 Å². The molecular formula is C27H30N2O3. The molecule has 1 aliphatic rings. The maximum Gasteiger partial charge on any atom is 0.254 e. The molecule has 0 N–H and O–H groups in total. The Bertz CT molecular complexity index is 1050. The third kappa shape index (κ3) is 5.05. The highest BCUT2D eigenvalue weighted by Gasteiger charge is 2.19. The molecule has 0 spiro atoms. The molecule has 3 aromatic rings. The van der Waals surface area contributed by atoms with Gasteiger partial charge in [-0.05, 0) is 48.2 Å². The number of para-hydroxylation sites is 1.